The van der Waals surface area contributed by atoms with Crippen molar-refractivity contribution in [2.45, 2.75) is 6.36 Å². The molecule has 1 aromatic carbocycles. The summed E-state index contributed by atoms with van der Waals surface area (Å²) in [6, 6.07) is 4.70. The number of hydrogen-bond donors (Lipinski definition) is 1. The van der Waals surface area contributed by atoms with Gasteiger partial charge in [0, 0.05) is 0 Å². The van der Waals surface area contributed by atoms with Gasteiger partial charge in [0.25, 0.3) is 0 Å². The summed E-state index contributed by atoms with van der Waals surface area (Å²) in [6.45, 7) is 0. The lowest BCUT2D eigenvalue weighted by Gasteiger charge is -2.09. The standard InChI is InChI=1S/C10H8ClF3N2O3/c1-18-9(17)8(11)16-15-6-2-4-7(5-3-6)19-10(12,13)14/h2-5,15H,1H3. The Morgan fingerprint density at radius 3 is 2.37 bits per heavy atom. The van der Waals surface area contributed by atoms with E-state index >= 15 is 0 Å². The minimum atomic E-state index is -4.75. The second-order valence-electron chi connectivity index (χ2n) is 3.08. The molecule has 0 saturated carbocycles. The average molecular weight is 297 g/mol. The first kappa shape index (κ1) is 15.1. The molecular weight excluding hydrogens is 289 g/mol. The van der Waals surface area contributed by atoms with Crippen LogP contribution in [0.25, 0.3) is 0 Å². The summed E-state index contributed by atoms with van der Waals surface area (Å²) in [5.41, 5.74) is 2.68. The smallest absolute Gasteiger partial charge is 0.464 e. The maximum Gasteiger partial charge on any atom is 0.573 e. The van der Waals surface area contributed by atoms with Gasteiger partial charge in [0.15, 0.2) is 0 Å². The molecule has 0 saturated heterocycles. The molecule has 0 unspecified atom stereocenters. The molecule has 5 nitrogen and oxygen atoms in total. The van der Waals surface area contributed by atoms with E-state index in [0.717, 1.165) is 19.2 Å². The highest BCUT2D eigenvalue weighted by Crippen LogP contribution is 2.23. The summed E-state index contributed by atoms with van der Waals surface area (Å²) >= 11 is 5.44. The molecule has 1 N–H and O–H groups in total. The van der Waals surface area contributed by atoms with Crippen molar-refractivity contribution in [3.8, 4) is 5.75 Å². The molecule has 0 bridgehead atoms. The summed E-state index contributed by atoms with van der Waals surface area (Å²) in [7, 11) is 1.13. The van der Waals surface area contributed by atoms with Crippen LogP contribution in [0, 0.1) is 0 Å². The molecule has 1 aromatic rings. The number of methoxy groups -OCH3 is 1. The molecule has 0 heterocycles. The molecule has 0 amide bonds. The SMILES string of the molecule is COC(=O)C(Cl)=NNc1ccc(OC(F)(F)F)cc1. The van der Waals surface area contributed by atoms with Gasteiger partial charge in [-0.15, -0.1) is 13.2 Å². The number of benzene rings is 1. The van der Waals surface area contributed by atoms with E-state index in [9.17, 15) is 18.0 Å². The van der Waals surface area contributed by atoms with Gasteiger partial charge in [-0.1, -0.05) is 11.6 Å². The summed E-state index contributed by atoms with van der Waals surface area (Å²) in [5, 5.41) is 3.02. The molecule has 0 atom stereocenters. The number of carbonyl (C=O) groups is 1. The van der Waals surface area contributed by atoms with Crippen LogP contribution in [0.4, 0.5) is 18.9 Å². The lowest BCUT2D eigenvalue weighted by molar-refractivity contribution is -0.274. The van der Waals surface area contributed by atoms with E-state index in [4.69, 9.17) is 11.6 Å². The molecule has 9 heteroatoms. The minimum absolute atomic E-state index is 0.316. The highest BCUT2D eigenvalue weighted by atomic mass is 35.5. The first-order chi connectivity index (χ1) is 8.81. The molecule has 0 aliphatic carbocycles. The number of halogens is 4. The molecule has 0 aromatic heterocycles. The molecule has 0 aliphatic rings. The topological polar surface area (TPSA) is 59.9 Å². The molecule has 0 aliphatic heterocycles. The fourth-order valence-electron chi connectivity index (χ4n) is 0.975. The largest absolute Gasteiger partial charge is 0.573 e. The molecule has 0 spiro atoms. The number of rotatable bonds is 4. The van der Waals surface area contributed by atoms with E-state index in [-0.39, 0.29) is 5.75 Å². The lowest BCUT2D eigenvalue weighted by atomic mass is 10.3. The molecule has 0 fully saturated rings. The number of anilines is 1. The molecule has 104 valence electrons. The van der Waals surface area contributed by atoms with Crippen LogP contribution in [-0.4, -0.2) is 24.6 Å². The Morgan fingerprint density at radius 2 is 1.89 bits per heavy atom. The number of alkyl halides is 3. The van der Waals surface area contributed by atoms with Crippen molar-refractivity contribution in [3.63, 3.8) is 0 Å². The summed E-state index contributed by atoms with van der Waals surface area (Å²) in [5.74, 6) is -1.22. The lowest BCUT2D eigenvalue weighted by Crippen LogP contribution is -2.17. The average Bonchev–Trinajstić information content (AvgIpc) is 2.34. The Labute approximate surface area is 110 Å². The Hall–Kier alpha value is -1.96. The van der Waals surface area contributed by atoms with Gasteiger partial charge in [0.2, 0.25) is 5.17 Å². The van der Waals surface area contributed by atoms with Crippen molar-refractivity contribution in [3.05, 3.63) is 24.3 Å². The van der Waals surface area contributed by atoms with E-state index in [1.54, 1.807) is 0 Å². The Kier molecular flexibility index (Phi) is 4.99. The van der Waals surface area contributed by atoms with Gasteiger partial charge >= 0.3 is 12.3 Å². The van der Waals surface area contributed by atoms with E-state index in [1.165, 1.54) is 12.1 Å². The Morgan fingerprint density at radius 1 is 1.32 bits per heavy atom. The van der Waals surface area contributed by atoms with Gasteiger partial charge < -0.3 is 9.47 Å². The van der Waals surface area contributed by atoms with Gasteiger partial charge in [-0.25, -0.2) is 4.79 Å². The first-order valence-electron chi connectivity index (χ1n) is 4.75. The van der Waals surface area contributed by atoms with Crippen LogP contribution in [0.15, 0.2) is 29.4 Å². The second-order valence-corrected chi connectivity index (χ2v) is 3.44. The number of ether oxygens (including phenoxy) is 2. The van der Waals surface area contributed by atoms with Crippen molar-refractivity contribution in [1.82, 2.24) is 0 Å². The number of hydrogen-bond acceptors (Lipinski definition) is 5. The van der Waals surface area contributed by atoms with Gasteiger partial charge in [0.1, 0.15) is 5.75 Å². The maximum atomic E-state index is 11.9. The Balaban J connectivity index is 2.65. The quantitative estimate of drug-likeness (QED) is 0.527. The third-order valence-corrected chi connectivity index (χ3v) is 1.96. The predicted molar refractivity (Wildman–Crippen MR) is 62.1 cm³/mol. The summed E-state index contributed by atoms with van der Waals surface area (Å²) in [4.78, 5) is 10.9. The molecular formula is C10H8ClF3N2O3. The molecule has 0 radical (unpaired) electrons. The van der Waals surface area contributed by atoms with Gasteiger partial charge in [0.05, 0.1) is 12.8 Å². The van der Waals surface area contributed by atoms with E-state index in [0.29, 0.717) is 5.69 Å². The molecule has 19 heavy (non-hydrogen) atoms. The number of hydrazone groups is 1. The van der Waals surface area contributed by atoms with Crippen molar-refractivity contribution < 1.29 is 27.4 Å². The van der Waals surface area contributed by atoms with Crippen LogP contribution in [0.5, 0.6) is 5.75 Å². The highest BCUT2D eigenvalue weighted by molar-refractivity contribution is 6.82. The van der Waals surface area contributed by atoms with Crippen LogP contribution < -0.4 is 10.2 Å². The normalized spacial score (nSPS) is 11.9. The maximum absolute atomic E-state index is 11.9. The van der Waals surface area contributed by atoms with Gasteiger partial charge in [-0.05, 0) is 24.3 Å². The zero-order valence-corrected chi connectivity index (χ0v) is 10.2. The summed E-state index contributed by atoms with van der Waals surface area (Å²) < 4.78 is 43.6. The number of carbonyl (C=O) groups excluding carboxylic acids is 1. The third-order valence-electron chi connectivity index (χ3n) is 1.72. The second kappa shape index (κ2) is 6.28. The zero-order valence-electron chi connectivity index (χ0n) is 9.49. The predicted octanol–water partition coefficient (Wildman–Crippen LogP) is 2.72. The van der Waals surface area contributed by atoms with Crippen LogP contribution in [0.3, 0.4) is 0 Å². The van der Waals surface area contributed by atoms with Gasteiger partial charge in [-0.2, -0.15) is 5.10 Å². The Bertz CT molecular complexity index is 474. The minimum Gasteiger partial charge on any atom is -0.464 e. The van der Waals surface area contributed by atoms with Crippen LogP contribution >= 0.6 is 11.6 Å². The van der Waals surface area contributed by atoms with Crippen molar-refractivity contribution in [2.75, 3.05) is 12.5 Å². The summed E-state index contributed by atoms with van der Waals surface area (Å²) in [6.07, 6.45) is -4.75. The van der Waals surface area contributed by atoms with Crippen LogP contribution in [0.2, 0.25) is 0 Å². The first-order valence-corrected chi connectivity index (χ1v) is 5.13. The van der Waals surface area contributed by atoms with Crippen molar-refractivity contribution >= 4 is 28.4 Å². The zero-order chi connectivity index (χ0) is 14.5. The van der Waals surface area contributed by atoms with E-state index in [1.807, 2.05) is 0 Å². The number of esters is 1. The monoisotopic (exact) mass is 296 g/mol. The van der Waals surface area contributed by atoms with E-state index in [2.05, 4.69) is 20.0 Å². The van der Waals surface area contributed by atoms with Gasteiger partial charge in [-0.3, -0.25) is 5.43 Å². The fourth-order valence-corrected chi connectivity index (χ4v) is 1.09. The van der Waals surface area contributed by atoms with Crippen molar-refractivity contribution in [1.29, 1.82) is 0 Å². The number of nitrogens with zero attached hydrogens (tertiary/aromatic N) is 1. The third kappa shape index (κ3) is 5.47. The fraction of sp³-hybridized carbons (Fsp3) is 0.200. The van der Waals surface area contributed by atoms with Crippen LogP contribution in [-0.2, 0) is 9.53 Å². The van der Waals surface area contributed by atoms with E-state index < -0.39 is 17.5 Å². The van der Waals surface area contributed by atoms with Crippen LogP contribution in [0.1, 0.15) is 0 Å². The molecule has 1 rings (SSSR count). The van der Waals surface area contributed by atoms with Crippen molar-refractivity contribution in [2.24, 2.45) is 5.10 Å². The number of nitrogens with one attached hydrogen (secondary N) is 1. The highest BCUT2D eigenvalue weighted by Gasteiger charge is 2.30.